The van der Waals surface area contributed by atoms with Gasteiger partial charge in [0.2, 0.25) is 5.91 Å². The van der Waals surface area contributed by atoms with E-state index in [1.54, 1.807) is 23.9 Å². The van der Waals surface area contributed by atoms with Gasteiger partial charge >= 0.3 is 12.0 Å². The van der Waals surface area contributed by atoms with E-state index in [-0.39, 0.29) is 5.91 Å². The molecule has 1 atom stereocenters. The Morgan fingerprint density at radius 2 is 1.96 bits per heavy atom. The SMILES string of the molecule is COC(=O)c1cc(NC(=O)C(CCSC)NC(N)=O)cc(C)c1C. The Hall–Kier alpha value is -2.22. The Morgan fingerprint density at radius 3 is 2.50 bits per heavy atom. The summed E-state index contributed by atoms with van der Waals surface area (Å²) in [6.45, 7) is 3.65. The van der Waals surface area contributed by atoms with Crippen LogP contribution in [-0.4, -0.2) is 43.1 Å². The molecule has 3 amide bonds. The van der Waals surface area contributed by atoms with Gasteiger partial charge in [-0.1, -0.05) is 0 Å². The van der Waals surface area contributed by atoms with Crippen LogP contribution in [0.15, 0.2) is 12.1 Å². The largest absolute Gasteiger partial charge is 0.465 e. The van der Waals surface area contributed by atoms with Gasteiger partial charge in [-0.3, -0.25) is 4.79 Å². The average Bonchev–Trinajstić information content (AvgIpc) is 2.53. The normalized spacial score (nSPS) is 11.5. The number of ether oxygens (including phenoxy) is 1. The first-order chi connectivity index (χ1) is 11.3. The summed E-state index contributed by atoms with van der Waals surface area (Å²) in [5.41, 5.74) is 7.60. The van der Waals surface area contributed by atoms with Gasteiger partial charge in [0.1, 0.15) is 6.04 Å². The van der Waals surface area contributed by atoms with Gasteiger partial charge in [-0.15, -0.1) is 0 Å². The minimum Gasteiger partial charge on any atom is -0.465 e. The molecule has 24 heavy (non-hydrogen) atoms. The van der Waals surface area contributed by atoms with Crippen molar-refractivity contribution in [2.45, 2.75) is 26.3 Å². The molecule has 4 N–H and O–H groups in total. The number of nitrogens with one attached hydrogen (secondary N) is 2. The molecule has 0 heterocycles. The Labute approximate surface area is 145 Å². The van der Waals surface area contributed by atoms with Crippen molar-refractivity contribution >= 4 is 35.4 Å². The number of carbonyl (C=O) groups excluding carboxylic acids is 3. The highest BCUT2D eigenvalue weighted by molar-refractivity contribution is 7.98. The number of thioether (sulfide) groups is 1. The highest BCUT2D eigenvalue weighted by Gasteiger charge is 2.21. The number of rotatable bonds is 7. The average molecular weight is 353 g/mol. The van der Waals surface area contributed by atoms with Crippen LogP contribution in [-0.2, 0) is 9.53 Å². The van der Waals surface area contributed by atoms with Crippen LogP contribution in [0.1, 0.15) is 27.9 Å². The molecule has 0 aliphatic rings. The molecule has 1 aromatic carbocycles. The van der Waals surface area contributed by atoms with E-state index in [4.69, 9.17) is 10.5 Å². The number of amides is 3. The van der Waals surface area contributed by atoms with Crippen molar-refractivity contribution in [2.75, 3.05) is 24.4 Å². The zero-order chi connectivity index (χ0) is 18.3. The summed E-state index contributed by atoms with van der Waals surface area (Å²) in [5, 5.41) is 5.15. The van der Waals surface area contributed by atoms with Crippen molar-refractivity contribution < 1.29 is 19.1 Å². The molecule has 0 spiro atoms. The molecule has 1 aromatic rings. The molecule has 0 radical (unpaired) electrons. The molecular formula is C16H23N3O4S. The third kappa shape index (κ3) is 5.45. The molecular weight excluding hydrogens is 330 g/mol. The summed E-state index contributed by atoms with van der Waals surface area (Å²) >= 11 is 1.56. The zero-order valence-corrected chi connectivity index (χ0v) is 15.1. The molecule has 1 rings (SSSR count). The molecule has 1 unspecified atom stereocenters. The maximum atomic E-state index is 12.4. The summed E-state index contributed by atoms with van der Waals surface area (Å²) in [6.07, 6.45) is 2.36. The van der Waals surface area contributed by atoms with Crippen molar-refractivity contribution in [2.24, 2.45) is 5.73 Å². The number of methoxy groups -OCH3 is 1. The number of primary amides is 1. The highest BCUT2D eigenvalue weighted by Crippen LogP contribution is 2.21. The van der Waals surface area contributed by atoms with Gasteiger partial charge in [-0.2, -0.15) is 11.8 Å². The van der Waals surface area contributed by atoms with Crippen LogP contribution in [0.4, 0.5) is 10.5 Å². The van der Waals surface area contributed by atoms with Crippen LogP contribution in [0.5, 0.6) is 0 Å². The Balaban J connectivity index is 3.00. The number of hydrogen-bond donors (Lipinski definition) is 3. The van der Waals surface area contributed by atoms with E-state index in [2.05, 4.69) is 10.6 Å². The number of nitrogens with two attached hydrogens (primary N) is 1. The van der Waals surface area contributed by atoms with Crippen LogP contribution in [0.25, 0.3) is 0 Å². The number of hydrogen-bond acceptors (Lipinski definition) is 5. The quantitative estimate of drug-likeness (QED) is 0.648. The monoisotopic (exact) mass is 353 g/mol. The molecule has 0 fully saturated rings. The number of carbonyl (C=O) groups is 3. The fourth-order valence-electron chi connectivity index (χ4n) is 2.16. The maximum Gasteiger partial charge on any atom is 0.338 e. The maximum absolute atomic E-state index is 12.4. The minimum absolute atomic E-state index is 0.385. The second kappa shape index (κ2) is 9.17. The summed E-state index contributed by atoms with van der Waals surface area (Å²) < 4.78 is 4.76. The molecule has 132 valence electrons. The van der Waals surface area contributed by atoms with Crippen LogP contribution in [0.2, 0.25) is 0 Å². The number of esters is 1. The summed E-state index contributed by atoms with van der Waals surface area (Å²) in [6, 6.07) is 1.82. The summed E-state index contributed by atoms with van der Waals surface area (Å²) in [4.78, 5) is 35.3. The minimum atomic E-state index is -0.758. The van der Waals surface area contributed by atoms with Crippen LogP contribution in [0, 0.1) is 13.8 Å². The van der Waals surface area contributed by atoms with E-state index >= 15 is 0 Å². The zero-order valence-electron chi connectivity index (χ0n) is 14.3. The smallest absolute Gasteiger partial charge is 0.338 e. The van der Waals surface area contributed by atoms with Crippen molar-refractivity contribution in [3.8, 4) is 0 Å². The second-order valence-electron chi connectivity index (χ2n) is 5.29. The van der Waals surface area contributed by atoms with E-state index in [1.807, 2.05) is 20.1 Å². The molecule has 8 heteroatoms. The molecule has 7 nitrogen and oxygen atoms in total. The van der Waals surface area contributed by atoms with Gasteiger partial charge < -0.3 is 21.1 Å². The van der Waals surface area contributed by atoms with E-state index in [9.17, 15) is 14.4 Å². The number of aryl methyl sites for hydroxylation is 1. The van der Waals surface area contributed by atoms with Crippen LogP contribution < -0.4 is 16.4 Å². The van der Waals surface area contributed by atoms with Gasteiger partial charge in [0.25, 0.3) is 0 Å². The molecule has 0 aliphatic carbocycles. The van der Waals surface area contributed by atoms with Crippen LogP contribution >= 0.6 is 11.8 Å². The number of urea groups is 1. The number of anilines is 1. The number of benzene rings is 1. The predicted molar refractivity (Wildman–Crippen MR) is 95.4 cm³/mol. The summed E-state index contributed by atoms with van der Waals surface area (Å²) in [5.74, 6) is -0.165. The van der Waals surface area contributed by atoms with E-state index in [1.165, 1.54) is 7.11 Å². The molecule has 0 bridgehead atoms. The molecule has 0 saturated carbocycles. The highest BCUT2D eigenvalue weighted by atomic mass is 32.2. The lowest BCUT2D eigenvalue weighted by atomic mass is 10.0. The van der Waals surface area contributed by atoms with Crippen LogP contribution in [0.3, 0.4) is 0 Å². The van der Waals surface area contributed by atoms with Gasteiger partial charge in [0.15, 0.2) is 0 Å². The predicted octanol–water partition coefficient (Wildman–Crippen LogP) is 1.82. The fraction of sp³-hybridized carbons (Fsp3) is 0.438. The Bertz CT molecular complexity index is 634. The lowest BCUT2D eigenvalue weighted by Crippen LogP contribution is -2.46. The van der Waals surface area contributed by atoms with Crippen molar-refractivity contribution in [1.29, 1.82) is 0 Å². The first-order valence-corrected chi connectivity index (χ1v) is 8.74. The third-order valence-corrected chi connectivity index (χ3v) is 4.23. The Kier molecular flexibility index (Phi) is 7.57. The Morgan fingerprint density at radius 1 is 1.29 bits per heavy atom. The van der Waals surface area contributed by atoms with Gasteiger partial charge in [0, 0.05) is 5.69 Å². The van der Waals surface area contributed by atoms with Gasteiger partial charge in [0.05, 0.1) is 12.7 Å². The first-order valence-electron chi connectivity index (χ1n) is 7.35. The van der Waals surface area contributed by atoms with E-state index in [0.717, 1.165) is 11.1 Å². The van der Waals surface area contributed by atoms with Crippen molar-refractivity contribution in [1.82, 2.24) is 5.32 Å². The molecule has 0 aliphatic heterocycles. The van der Waals surface area contributed by atoms with Crippen molar-refractivity contribution in [3.63, 3.8) is 0 Å². The van der Waals surface area contributed by atoms with E-state index in [0.29, 0.717) is 23.4 Å². The summed E-state index contributed by atoms with van der Waals surface area (Å²) in [7, 11) is 1.30. The lowest BCUT2D eigenvalue weighted by molar-refractivity contribution is -0.117. The second-order valence-corrected chi connectivity index (χ2v) is 6.27. The lowest BCUT2D eigenvalue weighted by Gasteiger charge is -2.18. The fourth-order valence-corrected chi connectivity index (χ4v) is 2.63. The van der Waals surface area contributed by atoms with Gasteiger partial charge in [-0.25, -0.2) is 9.59 Å². The first kappa shape index (κ1) is 19.8. The topological polar surface area (TPSA) is 111 Å². The van der Waals surface area contributed by atoms with Gasteiger partial charge in [-0.05, 0) is 55.5 Å². The third-order valence-electron chi connectivity index (χ3n) is 3.58. The van der Waals surface area contributed by atoms with E-state index < -0.39 is 18.0 Å². The molecule has 0 saturated heterocycles. The molecule has 0 aromatic heterocycles. The van der Waals surface area contributed by atoms with Crippen molar-refractivity contribution in [3.05, 3.63) is 28.8 Å². The standard InChI is InChI=1S/C16H23N3O4S/c1-9-7-11(8-12(10(9)2)15(21)23-3)18-14(20)13(5-6-24-4)19-16(17)22/h7-8,13H,5-6H2,1-4H3,(H,18,20)(H3,17,19,22).